The Labute approximate surface area is 161 Å². The summed E-state index contributed by atoms with van der Waals surface area (Å²) in [4.78, 5) is 28.9. The molecule has 0 spiro atoms. The van der Waals surface area contributed by atoms with Gasteiger partial charge in [-0.3, -0.25) is 14.0 Å². The molecule has 0 aliphatic heterocycles. The maximum absolute atomic E-state index is 12.3. The van der Waals surface area contributed by atoms with Crippen molar-refractivity contribution in [2.45, 2.75) is 58.5 Å². The van der Waals surface area contributed by atoms with Crippen LogP contribution < -0.4 is 5.56 Å². The number of hydrogen-bond donors (Lipinski definition) is 0. The van der Waals surface area contributed by atoms with Gasteiger partial charge < -0.3 is 4.74 Å². The number of halogens is 1. The molecule has 1 fully saturated rings. The number of hydrogen-bond acceptors (Lipinski definition) is 4. The number of carbonyl (C=O) groups excluding carboxylic acids is 1. The molecule has 0 saturated heterocycles. The summed E-state index contributed by atoms with van der Waals surface area (Å²) in [6.45, 7) is 2.27. The van der Waals surface area contributed by atoms with Crippen molar-refractivity contribution < 1.29 is 9.53 Å². The van der Waals surface area contributed by atoms with E-state index in [-0.39, 0.29) is 24.1 Å². The van der Waals surface area contributed by atoms with Gasteiger partial charge in [0, 0.05) is 16.7 Å². The molecule has 5 nitrogen and oxygen atoms in total. The molecule has 0 aromatic carbocycles. The van der Waals surface area contributed by atoms with Crippen molar-refractivity contribution in [1.29, 1.82) is 0 Å². The Kier molecular flexibility index (Phi) is 6.46. The number of esters is 1. The first-order chi connectivity index (χ1) is 12.6. The molecule has 26 heavy (non-hydrogen) atoms. The van der Waals surface area contributed by atoms with Crippen LogP contribution in [0.5, 0.6) is 0 Å². The van der Waals surface area contributed by atoms with Crippen LogP contribution in [0.15, 0.2) is 33.7 Å². The van der Waals surface area contributed by atoms with E-state index in [1.165, 1.54) is 29.7 Å². The van der Waals surface area contributed by atoms with E-state index in [1.54, 1.807) is 12.3 Å². The minimum absolute atomic E-state index is 0.00890. The third-order valence-corrected chi connectivity index (χ3v) is 5.65. The van der Waals surface area contributed by atoms with E-state index < -0.39 is 0 Å². The summed E-state index contributed by atoms with van der Waals surface area (Å²) in [6, 6.07) is 5.01. The second-order valence-corrected chi connectivity index (χ2v) is 8.04. The molecule has 0 radical (unpaired) electrons. The number of pyridine rings is 1. The molecule has 2 aromatic heterocycles. The summed E-state index contributed by atoms with van der Waals surface area (Å²) < 4.78 is 7.73. The predicted octanol–water partition coefficient (Wildman–Crippen LogP) is 4.50. The van der Waals surface area contributed by atoms with Gasteiger partial charge in [0.15, 0.2) is 0 Å². The molecule has 0 unspecified atom stereocenters. The number of ether oxygens (including phenoxy) is 1. The molecule has 1 aliphatic rings. The number of nitrogens with zero attached hydrogens (tertiary/aromatic N) is 2. The molecule has 6 heteroatoms. The summed E-state index contributed by atoms with van der Waals surface area (Å²) in [5.74, 6) is 0.600. The van der Waals surface area contributed by atoms with Crippen LogP contribution in [0.1, 0.15) is 57.6 Å². The average molecular weight is 421 g/mol. The summed E-state index contributed by atoms with van der Waals surface area (Å²) in [5, 5.41) is 0. The van der Waals surface area contributed by atoms with E-state index >= 15 is 0 Å². The molecule has 1 aliphatic carbocycles. The van der Waals surface area contributed by atoms with Crippen LogP contribution in [-0.2, 0) is 16.1 Å². The molecule has 1 saturated carbocycles. The Morgan fingerprint density at radius 2 is 2.08 bits per heavy atom. The van der Waals surface area contributed by atoms with Gasteiger partial charge in [-0.2, -0.15) is 0 Å². The highest BCUT2D eigenvalue weighted by molar-refractivity contribution is 9.10. The summed E-state index contributed by atoms with van der Waals surface area (Å²) in [5.41, 5.74) is 0.851. The zero-order chi connectivity index (χ0) is 18.5. The molecule has 3 rings (SSSR count). The van der Waals surface area contributed by atoms with Crippen LogP contribution in [0.25, 0.3) is 5.65 Å². The van der Waals surface area contributed by atoms with Gasteiger partial charge >= 0.3 is 5.97 Å². The number of fused-ring (bicyclic) bond motifs is 1. The van der Waals surface area contributed by atoms with Crippen molar-refractivity contribution in [1.82, 2.24) is 9.38 Å². The monoisotopic (exact) mass is 420 g/mol. The first-order valence-electron chi connectivity index (χ1n) is 9.41. The predicted molar refractivity (Wildman–Crippen MR) is 104 cm³/mol. The van der Waals surface area contributed by atoms with Gasteiger partial charge in [-0.25, -0.2) is 4.98 Å². The molecule has 0 N–H and O–H groups in total. The molecule has 0 bridgehead atoms. The standard InChI is InChI=1S/C20H25BrN2O3/c1-2-3-4-14-5-7-15(8-6-14)20(25)26-13-17-11-19(24)23-12-16(21)9-10-18(23)22-17/h9-12,14-15H,2-8,13H2,1H3. The highest BCUT2D eigenvalue weighted by Crippen LogP contribution is 2.32. The van der Waals surface area contributed by atoms with E-state index in [0.29, 0.717) is 11.3 Å². The molecule has 0 atom stereocenters. The van der Waals surface area contributed by atoms with Crippen molar-refractivity contribution in [2.75, 3.05) is 0 Å². The van der Waals surface area contributed by atoms with Gasteiger partial charge in [-0.05, 0) is 59.7 Å². The summed E-state index contributed by atoms with van der Waals surface area (Å²) >= 11 is 3.34. The fourth-order valence-corrected chi connectivity index (χ4v) is 3.98. The number of carbonyl (C=O) groups is 1. The Morgan fingerprint density at radius 3 is 2.81 bits per heavy atom. The lowest BCUT2D eigenvalue weighted by molar-refractivity contribution is -0.151. The zero-order valence-electron chi connectivity index (χ0n) is 15.1. The highest BCUT2D eigenvalue weighted by Gasteiger charge is 2.27. The van der Waals surface area contributed by atoms with Crippen LogP contribution in [-0.4, -0.2) is 15.4 Å². The fourth-order valence-electron chi connectivity index (χ4n) is 3.64. The van der Waals surface area contributed by atoms with E-state index in [9.17, 15) is 9.59 Å². The van der Waals surface area contributed by atoms with Gasteiger partial charge in [0.1, 0.15) is 12.3 Å². The van der Waals surface area contributed by atoms with Gasteiger partial charge in [0.2, 0.25) is 0 Å². The van der Waals surface area contributed by atoms with Gasteiger partial charge in [-0.15, -0.1) is 0 Å². The first kappa shape index (κ1) is 19.1. The lowest BCUT2D eigenvalue weighted by Crippen LogP contribution is -2.24. The summed E-state index contributed by atoms with van der Waals surface area (Å²) in [7, 11) is 0. The van der Waals surface area contributed by atoms with Gasteiger partial charge in [0.05, 0.1) is 11.6 Å². The Hall–Kier alpha value is -1.69. The van der Waals surface area contributed by atoms with Crippen LogP contribution in [0, 0.1) is 11.8 Å². The van der Waals surface area contributed by atoms with Gasteiger partial charge in [0.25, 0.3) is 5.56 Å². The topological polar surface area (TPSA) is 60.7 Å². The maximum Gasteiger partial charge on any atom is 0.309 e. The third-order valence-electron chi connectivity index (χ3n) is 5.18. The summed E-state index contributed by atoms with van der Waals surface area (Å²) in [6.07, 6.45) is 9.52. The average Bonchev–Trinajstić information content (AvgIpc) is 2.65. The normalized spacial score (nSPS) is 20.2. The molecular weight excluding hydrogens is 396 g/mol. The van der Waals surface area contributed by atoms with Crippen molar-refractivity contribution >= 4 is 27.5 Å². The Balaban J connectivity index is 1.56. The lowest BCUT2D eigenvalue weighted by Gasteiger charge is -2.27. The smallest absolute Gasteiger partial charge is 0.309 e. The van der Waals surface area contributed by atoms with E-state index in [2.05, 4.69) is 27.8 Å². The minimum atomic E-state index is -0.182. The van der Waals surface area contributed by atoms with Crippen LogP contribution in [0.4, 0.5) is 0 Å². The zero-order valence-corrected chi connectivity index (χ0v) is 16.7. The fraction of sp³-hybridized carbons (Fsp3) is 0.550. The molecule has 2 aromatic rings. The maximum atomic E-state index is 12.3. The van der Waals surface area contributed by atoms with Crippen LogP contribution >= 0.6 is 15.9 Å². The van der Waals surface area contributed by atoms with Crippen molar-refractivity contribution in [3.05, 3.63) is 44.9 Å². The van der Waals surface area contributed by atoms with Crippen molar-refractivity contribution in [2.24, 2.45) is 11.8 Å². The molecule has 140 valence electrons. The third kappa shape index (κ3) is 4.72. The minimum Gasteiger partial charge on any atom is -0.459 e. The van der Waals surface area contributed by atoms with E-state index in [0.717, 1.165) is 36.1 Å². The second kappa shape index (κ2) is 8.80. The van der Waals surface area contributed by atoms with Crippen molar-refractivity contribution in [3.8, 4) is 0 Å². The quantitative estimate of drug-likeness (QED) is 0.645. The number of unbranched alkanes of at least 4 members (excludes halogenated alkanes) is 1. The largest absolute Gasteiger partial charge is 0.459 e. The van der Waals surface area contributed by atoms with Gasteiger partial charge in [-0.1, -0.05) is 26.2 Å². The van der Waals surface area contributed by atoms with E-state index in [1.807, 2.05) is 6.07 Å². The Bertz CT molecular complexity index is 825. The molecule has 2 heterocycles. The SMILES string of the molecule is CCCCC1CCC(C(=O)OCc2cc(=O)n3cc(Br)ccc3n2)CC1. The van der Waals surface area contributed by atoms with Crippen molar-refractivity contribution in [3.63, 3.8) is 0 Å². The highest BCUT2D eigenvalue weighted by atomic mass is 79.9. The second-order valence-electron chi connectivity index (χ2n) is 7.13. The van der Waals surface area contributed by atoms with E-state index in [4.69, 9.17) is 4.74 Å². The first-order valence-corrected chi connectivity index (χ1v) is 10.2. The molecular formula is C20H25BrN2O3. The van der Waals surface area contributed by atoms with Crippen LogP contribution in [0.2, 0.25) is 0 Å². The number of rotatable bonds is 6. The lowest BCUT2D eigenvalue weighted by atomic mass is 9.80. The molecule has 0 amide bonds. The van der Waals surface area contributed by atoms with Crippen LogP contribution in [0.3, 0.4) is 0 Å². The number of aromatic nitrogens is 2. The Morgan fingerprint density at radius 1 is 1.31 bits per heavy atom.